The fraction of sp³-hybridized carbons (Fsp3) is 0.700. The molecule has 0 aromatic heterocycles. The molecule has 5 heteroatoms. The van der Waals surface area contributed by atoms with E-state index >= 15 is 0 Å². The summed E-state index contributed by atoms with van der Waals surface area (Å²) >= 11 is 0. The van der Waals surface area contributed by atoms with E-state index in [1.807, 2.05) is 20.8 Å². The van der Waals surface area contributed by atoms with E-state index in [0.717, 1.165) is 0 Å². The van der Waals surface area contributed by atoms with E-state index in [2.05, 4.69) is 15.8 Å². The summed E-state index contributed by atoms with van der Waals surface area (Å²) in [5, 5.41) is 6.62. The van der Waals surface area contributed by atoms with Crippen LogP contribution in [0, 0.1) is 5.92 Å². The summed E-state index contributed by atoms with van der Waals surface area (Å²) in [5.41, 5.74) is 2.99. The van der Waals surface area contributed by atoms with Crippen LogP contribution in [0.25, 0.3) is 0 Å². The highest BCUT2D eigenvalue weighted by Gasteiger charge is 2.12. The molecule has 86 valence electrons. The molecule has 0 fully saturated rings. The van der Waals surface area contributed by atoms with Gasteiger partial charge in [0.1, 0.15) is 0 Å². The van der Waals surface area contributed by atoms with Gasteiger partial charge in [-0.3, -0.25) is 9.59 Å². The van der Waals surface area contributed by atoms with Gasteiger partial charge in [0.15, 0.2) is 0 Å². The Kier molecular flexibility index (Phi) is 5.59. The molecule has 2 N–H and O–H groups in total. The van der Waals surface area contributed by atoms with Crippen molar-refractivity contribution in [3.05, 3.63) is 0 Å². The topological polar surface area (TPSA) is 70.6 Å². The zero-order chi connectivity index (χ0) is 12.0. The third-order valence-electron chi connectivity index (χ3n) is 1.90. The molecule has 0 aromatic rings. The monoisotopic (exact) mass is 213 g/mol. The Morgan fingerprint density at radius 1 is 1.13 bits per heavy atom. The van der Waals surface area contributed by atoms with Gasteiger partial charge in [-0.25, -0.2) is 5.43 Å². The highest BCUT2D eigenvalue weighted by atomic mass is 16.2. The van der Waals surface area contributed by atoms with Gasteiger partial charge >= 0.3 is 0 Å². The van der Waals surface area contributed by atoms with Crippen LogP contribution >= 0.6 is 0 Å². The maximum atomic E-state index is 11.3. The summed E-state index contributed by atoms with van der Waals surface area (Å²) in [7, 11) is 0. The molecule has 0 bridgehead atoms. The highest BCUT2D eigenvalue weighted by molar-refractivity contribution is 5.92. The molecular weight excluding hydrogens is 194 g/mol. The summed E-state index contributed by atoms with van der Waals surface area (Å²) in [4.78, 5) is 21.9. The Hall–Kier alpha value is -1.39. The van der Waals surface area contributed by atoms with Crippen molar-refractivity contribution in [3.8, 4) is 0 Å². The Morgan fingerprint density at radius 2 is 1.67 bits per heavy atom. The van der Waals surface area contributed by atoms with Crippen LogP contribution in [0.4, 0.5) is 0 Å². The lowest BCUT2D eigenvalue weighted by molar-refractivity contribution is -0.124. The molecule has 1 unspecified atom stereocenters. The maximum Gasteiger partial charge on any atom is 0.236 e. The molecule has 0 heterocycles. The summed E-state index contributed by atoms with van der Waals surface area (Å²) < 4.78 is 0. The van der Waals surface area contributed by atoms with Crippen molar-refractivity contribution < 1.29 is 9.59 Å². The van der Waals surface area contributed by atoms with Crippen LogP contribution < -0.4 is 10.7 Å². The molecule has 0 radical (unpaired) electrons. The van der Waals surface area contributed by atoms with Crippen molar-refractivity contribution in [1.82, 2.24) is 10.7 Å². The smallest absolute Gasteiger partial charge is 0.236 e. The number of carbonyl (C=O) groups excluding carboxylic acids is 2. The molecular formula is C10H19N3O2. The minimum absolute atomic E-state index is 0.0279. The third-order valence-corrected chi connectivity index (χ3v) is 1.90. The van der Waals surface area contributed by atoms with Crippen molar-refractivity contribution in [3.63, 3.8) is 0 Å². The number of nitrogens with one attached hydrogen (secondary N) is 2. The fourth-order valence-electron chi connectivity index (χ4n) is 0.748. The van der Waals surface area contributed by atoms with Crippen molar-refractivity contribution in [2.45, 2.75) is 40.7 Å². The second-order valence-corrected chi connectivity index (χ2v) is 3.81. The summed E-state index contributed by atoms with van der Waals surface area (Å²) in [6.45, 7) is 8.60. The second-order valence-electron chi connectivity index (χ2n) is 3.81. The normalized spacial score (nSPS) is 13.6. The van der Waals surface area contributed by atoms with Crippen molar-refractivity contribution in [1.29, 1.82) is 0 Å². The molecule has 0 rings (SSSR count). The van der Waals surface area contributed by atoms with E-state index < -0.39 is 0 Å². The minimum atomic E-state index is -0.225. The van der Waals surface area contributed by atoms with E-state index in [1.165, 1.54) is 6.92 Å². The van der Waals surface area contributed by atoms with Crippen LogP contribution in [0.2, 0.25) is 0 Å². The van der Waals surface area contributed by atoms with Crippen LogP contribution in [0.3, 0.4) is 0 Å². The number of hydrogen-bond acceptors (Lipinski definition) is 3. The molecule has 0 saturated heterocycles. The Bertz CT molecular complexity index is 272. The quantitative estimate of drug-likeness (QED) is 0.532. The Balaban J connectivity index is 4.20. The molecule has 0 spiro atoms. The van der Waals surface area contributed by atoms with Gasteiger partial charge in [-0.05, 0) is 13.8 Å². The first kappa shape index (κ1) is 13.6. The first-order chi connectivity index (χ1) is 6.84. The van der Waals surface area contributed by atoms with Crippen LogP contribution in [0.5, 0.6) is 0 Å². The summed E-state index contributed by atoms with van der Waals surface area (Å²) in [5.74, 6) is -0.308. The number of hydrogen-bond donors (Lipinski definition) is 2. The summed E-state index contributed by atoms with van der Waals surface area (Å²) in [6, 6.07) is -0.174. The standard InChI is InChI=1S/C10H19N3O2/c1-6(2)10(15)11-7(3)8(4)12-13-9(5)14/h6-7H,1-5H3,(H,11,15)(H,13,14)/b12-8+. The van der Waals surface area contributed by atoms with Crippen LogP contribution in [-0.2, 0) is 9.59 Å². The lowest BCUT2D eigenvalue weighted by Crippen LogP contribution is -2.40. The van der Waals surface area contributed by atoms with Gasteiger partial charge in [0.25, 0.3) is 0 Å². The number of nitrogens with zero attached hydrogens (tertiary/aromatic N) is 1. The zero-order valence-corrected chi connectivity index (χ0v) is 9.92. The molecule has 2 amide bonds. The van der Waals surface area contributed by atoms with Crippen LogP contribution in [0.1, 0.15) is 34.6 Å². The van der Waals surface area contributed by atoms with Gasteiger partial charge < -0.3 is 5.32 Å². The predicted octanol–water partition coefficient (Wildman–Crippen LogP) is 0.659. The molecule has 0 saturated carbocycles. The lowest BCUT2D eigenvalue weighted by Gasteiger charge is -2.15. The molecule has 0 aliphatic rings. The first-order valence-corrected chi connectivity index (χ1v) is 4.95. The largest absolute Gasteiger partial charge is 0.348 e. The van der Waals surface area contributed by atoms with Crippen molar-refractivity contribution >= 4 is 17.5 Å². The Morgan fingerprint density at radius 3 is 2.07 bits per heavy atom. The lowest BCUT2D eigenvalue weighted by atomic mass is 10.1. The average Bonchev–Trinajstić information content (AvgIpc) is 2.13. The highest BCUT2D eigenvalue weighted by Crippen LogP contribution is 1.94. The fourth-order valence-corrected chi connectivity index (χ4v) is 0.748. The number of hydrazone groups is 1. The van der Waals surface area contributed by atoms with E-state index in [4.69, 9.17) is 0 Å². The average molecular weight is 213 g/mol. The summed E-state index contributed by atoms with van der Waals surface area (Å²) in [6.07, 6.45) is 0. The first-order valence-electron chi connectivity index (χ1n) is 4.95. The van der Waals surface area contributed by atoms with E-state index in [9.17, 15) is 9.59 Å². The van der Waals surface area contributed by atoms with Crippen molar-refractivity contribution in [2.24, 2.45) is 11.0 Å². The van der Waals surface area contributed by atoms with Crippen molar-refractivity contribution in [2.75, 3.05) is 0 Å². The van der Waals surface area contributed by atoms with E-state index in [0.29, 0.717) is 5.71 Å². The molecule has 1 atom stereocenters. The predicted molar refractivity (Wildman–Crippen MR) is 59.4 cm³/mol. The van der Waals surface area contributed by atoms with Gasteiger partial charge in [0.05, 0.1) is 11.8 Å². The minimum Gasteiger partial charge on any atom is -0.348 e. The Labute approximate surface area is 90.3 Å². The molecule has 0 aliphatic heterocycles. The molecule has 5 nitrogen and oxygen atoms in total. The third kappa shape index (κ3) is 5.83. The van der Waals surface area contributed by atoms with Crippen LogP contribution in [-0.4, -0.2) is 23.6 Å². The molecule has 0 aliphatic carbocycles. The van der Waals surface area contributed by atoms with E-state index in [1.54, 1.807) is 6.92 Å². The van der Waals surface area contributed by atoms with Gasteiger partial charge in [-0.1, -0.05) is 13.8 Å². The second kappa shape index (κ2) is 6.16. The number of carbonyl (C=O) groups is 2. The molecule has 0 aromatic carbocycles. The SMILES string of the molecule is CC(=O)N/N=C(\C)C(C)NC(=O)C(C)C. The van der Waals surface area contributed by atoms with Gasteiger partial charge in [0, 0.05) is 12.8 Å². The maximum absolute atomic E-state index is 11.3. The van der Waals surface area contributed by atoms with Gasteiger partial charge in [-0.15, -0.1) is 0 Å². The van der Waals surface area contributed by atoms with E-state index in [-0.39, 0.29) is 23.8 Å². The zero-order valence-electron chi connectivity index (χ0n) is 9.92. The van der Waals surface area contributed by atoms with Gasteiger partial charge in [-0.2, -0.15) is 5.10 Å². The van der Waals surface area contributed by atoms with Crippen LogP contribution in [0.15, 0.2) is 5.10 Å². The number of rotatable bonds is 4. The molecule has 15 heavy (non-hydrogen) atoms. The number of amides is 2. The van der Waals surface area contributed by atoms with Gasteiger partial charge in [0.2, 0.25) is 11.8 Å².